The van der Waals surface area contributed by atoms with E-state index in [0.717, 1.165) is 172 Å². The van der Waals surface area contributed by atoms with Crippen LogP contribution in [-0.2, 0) is 0 Å². The Labute approximate surface area is 591 Å². The van der Waals surface area contributed by atoms with Gasteiger partial charge in [-0.05, 0) is 110 Å². The predicted octanol–water partition coefficient (Wildman–Crippen LogP) is 26.5. The molecule has 0 unspecified atom stereocenters. The van der Waals surface area contributed by atoms with Crippen LogP contribution in [-0.4, -0.2) is 18.3 Å². The molecule has 16 aromatic carbocycles. The number of thiophene rings is 2. The number of aromatic nitrogens is 4. The summed E-state index contributed by atoms with van der Waals surface area (Å²) in [5.74, 6) is 0. The van der Waals surface area contributed by atoms with Crippen molar-refractivity contribution in [2.75, 3.05) is 0 Å². The fourth-order valence-corrected chi connectivity index (χ4v) is 19.8. The molecule has 0 aliphatic carbocycles. The lowest BCUT2D eigenvalue weighted by Gasteiger charge is -2.27. The minimum atomic E-state index is 0.384. The third-order valence-electron chi connectivity index (χ3n) is 21.6. The highest BCUT2D eigenvalue weighted by molar-refractivity contribution is 7.27. The Morgan fingerprint density at radius 3 is 1.18 bits per heavy atom. The zero-order valence-electron chi connectivity index (χ0n) is 54.5. The Morgan fingerprint density at radius 1 is 0.275 bits per heavy atom. The van der Waals surface area contributed by atoms with E-state index in [1.54, 1.807) is 22.7 Å². The second-order valence-electron chi connectivity index (χ2n) is 26.7. The standard InChI is InChI=1S/C94H52N6S2/c1-96-86-91(98-80-39-19-13-33-66(80)67-34-14-20-40-81(67)98)88(99-82-53-58(76-51-56-25-5-6-28-61(56)62-29-9-10-30-63(62)76)44-46-68(82)72-47-49-74-70-35-15-21-41-84(70)101-93(74)89(72)99)77(54-95)87(97-78-37-17-11-31-64(78)65-32-12-18-38-79(65)97)92(86)100-83-52-57(60-27-8-7-26-59(60)55-23-3-2-4-24-55)43-45-69(83)73-48-50-75-71-36-16-22-42-85(71)102-94(75)90(73)100/h2-53H. The molecule has 0 radical (unpaired) electrons. The van der Waals surface area contributed by atoms with Crippen LogP contribution in [0.25, 0.3) is 210 Å². The van der Waals surface area contributed by atoms with Crippen molar-refractivity contribution in [3.8, 4) is 62.2 Å². The number of hydrogen-bond acceptors (Lipinski definition) is 3. The molecule has 0 aliphatic rings. The molecule has 0 amide bonds. The minimum absolute atomic E-state index is 0.384. The number of nitriles is 1. The van der Waals surface area contributed by atoms with Gasteiger partial charge in [0, 0.05) is 74.0 Å². The average molecular weight is 1330 g/mol. The molecule has 8 heteroatoms. The summed E-state index contributed by atoms with van der Waals surface area (Å²) in [4.78, 5) is 5.21. The van der Waals surface area contributed by atoms with Crippen LogP contribution in [0.2, 0.25) is 0 Å². The zero-order chi connectivity index (χ0) is 67.0. The monoisotopic (exact) mass is 1330 g/mol. The fraction of sp³-hybridized carbons (Fsp3) is 0. The number of nitrogens with zero attached hydrogens (tertiary/aromatic N) is 6. The quantitative estimate of drug-likeness (QED) is 0.116. The molecule has 22 aromatic rings. The SMILES string of the molecule is [C-]#[N+]c1c(-n2c3ccccc3c3ccccc32)c(-n2c3cc(-c4cc5ccccc5c5ccccc45)ccc3c3ccc4c5ccccc5sc4c32)c(C#N)c(-n2c3ccccc3c3ccccc32)c1-n1c2cc(-c3ccccc3-c3ccccc3)ccc2c2ccc3c4ccccc4sc3c21. The summed E-state index contributed by atoms with van der Waals surface area (Å²) in [5.41, 5.74) is 17.0. The van der Waals surface area contributed by atoms with Gasteiger partial charge in [-0.1, -0.05) is 261 Å². The Morgan fingerprint density at radius 2 is 0.647 bits per heavy atom. The summed E-state index contributed by atoms with van der Waals surface area (Å²) in [6, 6.07) is 117. The van der Waals surface area contributed by atoms with Crippen LogP contribution in [0.3, 0.4) is 0 Å². The summed E-state index contributed by atoms with van der Waals surface area (Å²) in [5, 5.41) is 31.2. The molecule has 0 saturated carbocycles. The fourth-order valence-electron chi connectivity index (χ4n) is 17.3. The maximum Gasteiger partial charge on any atom is 0.238 e. The first kappa shape index (κ1) is 56.7. The molecule has 22 rings (SSSR count). The number of hydrogen-bond donors (Lipinski definition) is 0. The zero-order valence-corrected chi connectivity index (χ0v) is 56.2. The van der Waals surface area contributed by atoms with Gasteiger partial charge in [0.25, 0.3) is 0 Å². The highest BCUT2D eigenvalue weighted by Gasteiger charge is 2.36. The van der Waals surface area contributed by atoms with Gasteiger partial charge in [0.15, 0.2) is 0 Å². The molecule has 0 aliphatic heterocycles. The molecule has 0 N–H and O–H groups in total. The molecule has 470 valence electrons. The summed E-state index contributed by atoms with van der Waals surface area (Å²) in [6.45, 7) is 10.6. The normalized spacial score (nSPS) is 12.1. The first-order valence-corrected chi connectivity index (χ1v) is 36.0. The second kappa shape index (κ2) is 21.6. The number of rotatable bonds is 7. The van der Waals surface area contributed by atoms with Crippen LogP contribution in [0.15, 0.2) is 315 Å². The van der Waals surface area contributed by atoms with Crippen molar-refractivity contribution in [3.63, 3.8) is 0 Å². The van der Waals surface area contributed by atoms with Crippen LogP contribution in [0.1, 0.15) is 5.56 Å². The van der Waals surface area contributed by atoms with E-state index < -0.39 is 0 Å². The smallest absolute Gasteiger partial charge is 0.238 e. The lowest BCUT2D eigenvalue weighted by molar-refractivity contribution is 1.04. The summed E-state index contributed by atoms with van der Waals surface area (Å²) < 4.78 is 14.0. The molecule has 6 aromatic heterocycles. The van der Waals surface area contributed by atoms with Crippen molar-refractivity contribution in [2.45, 2.75) is 0 Å². The first-order chi connectivity index (χ1) is 50.6. The summed E-state index contributed by atoms with van der Waals surface area (Å²) >= 11 is 3.57. The van der Waals surface area contributed by atoms with Gasteiger partial charge in [-0.25, -0.2) is 4.85 Å². The number of benzene rings is 16. The van der Waals surface area contributed by atoms with Crippen molar-refractivity contribution >= 4 is 177 Å². The van der Waals surface area contributed by atoms with E-state index in [9.17, 15) is 11.8 Å². The molecule has 0 saturated heterocycles. The van der Waals surface area contributed by atoms with Crippen molar-refractivity contribution in [1.29, 1.82) is 5.26 Å². The number of fused-ring (bicyclic) bond motifs is 23. The van der Waals surface area contributed by atoms with Crippen molar-refractivity contribution in [1.82, 2.24) is 18.3 Å². The molecular weight excluding hydrogens is 1280 g/mol. The molecule has 102 heavy (non-hydrogen) atoms. The summed E-state index contributed by atoms with van der Waals surface area (Å²) in [7, 11) is 0. The van der Waals surface area contributed by atoms with Crippen molar-refractivity contribution < 1.29 is 0 Å². The van der Waals surface area contributed by atoms with Gasteiger partial charge in [-0.2, -0.15) is 5.26 Å². The van der Waals surface area contributed by atoms with E-state index in [2.05, 4.69) is 340 Å². The van der Waals surface area contributed by atoms with E-state index in [0.29, 0.717) is 34.0 Å². The minimum Gasteiger partial charge on any atom is -0.317 e. The van der Waals surface area contributed by atoms with Gasteiger partial charge in [0.2, 0.25) is 5.69 Å². The lowest BCUT2D eigenvalue weighted by Crippen LogP contribution is -2.14. The molecule has 0 fully saturated rings. The van der Waals surface area contributed by atoms with E-state index in [4.69, 9.17) is 4.85 Å². The second-order valence-corrected chi connectivity index (χ2v) is 28.8. The van der Waals surface area contributed by atoms with E-state index in [1.165, 1.54) is 10.8 Å². The number of para-hydroxylation sites is 4. The van der Waals surface area contributed by atoms with Crippen LogP contribution < -0.4 is 0 Å². The van der Waals surface area contributed by atoms with E-state index in [-0.39, 0.29) is 0 Å². The predicted molar refractivity (Wildman–Crippen MR) is 432 cm³/mol. The maximum atomic E-state index is 13.7. The molecule has 0 spiro atoms. The van der Waals surface area contributed by atoms with E-state index >= 15 is 0 Å². The Kier molecular flexibility index (Phi) is 12.0. The van der Waals surface area contributed by atoms with Gasteiger partial charge in [-0.15, -0.1) is 22.7 Å². The average Bonchev–Trinajstić information content (AvgIpc) is 1.46. The third kappa shape index (κ3) is 7.79. The lowest BCUT2D eigenvalue weighted by atomic mass is 9.93. The topological polar surface area (TPSA) is 47.9 Å². The maximum absolute atomic E-state index is 13.7. The van der Waals surface area contributed by atoms with Crippen LogP contribution >= 0.6 is 22.7 Å². The molecule has 6 heterocycles. The van der Waals surface area contributed by atoms with Gasteiger partial charge in [-0.3, -0.25) is 0 Å². The molecule has 6 nitrogen and oxygen atoms in total. The van der Waals surface area contributed by atoms with Crippen molar-refractivity contribution in [3.05, 3.63) is 332 Å². The van der Waals surface area contributed by atoms with Gasteiger partial charge in [0.1, 0.15) is 11.6 Å². The van der Waals surface area contributed by atoms with Crippen molar-refractivity contribution in [2.24, 2.45) is 0 Å². The van der Waals surface area contributed by atoms with Crippen LogP contribution in [0, 0.1) is 17.9 Å². The highest BCUT2D eigenvalue weighted by atomic mass is 32.1. The Hall–Kier alpha value is -13.3. The molecular formula is C94H52N6S2. The molecule has 0 bridgehead atoms. The third-order valence-corrected chi connectivity index (χ3v) is 24.0. The largest absolute Gasteiger partial charge is 0.317 e. The van der Waals surface area contributed by atoms with Crippen LogP contribution in [0.5, 0.6) is 0 Å². The van der Waals surface area contributed by atoms with Crippen LogP contribution in [0.4, 0.5) is 5.69 Å². The van der Waals surface area contributed by atoms with Gasteiger partial charge >= 0.3 is 0 Å². The van der Waals surface area contributed by atoms with Gasteiger partial charge in [0.05, 0.1) is 82.9 Å². The first-order valence-electron chi connectivity index (χ1n) is 34.4. The van der Waals surface area contributed by atoms with E-state index in [1.807, 2.05) is 0 Å². The highest BCUT2D eigenvalue weighted by Crippen LogP contribution is 2.55. The Balaban J connectivity index is 1.01. The van der Waals surface area contributed by atoms with Gasteiger partial charge < -0.3 is 18.3 Å². The Bertz CT molecular complexity index is 7430. The summed E-state index contributed by atoms with van der Waals surface area (Å²) in [6.07, 6.45) is 0. The molecule has 0 atom stereocenters.